The van der Waals surface area contributed by atoms with Gasteiger partial charge in [-0.2, -0.15) is 0 Å². The second-order valence-electron chi connectivity index (χ2n) is 8.23. The topological polar surface area (TPSA) is 83.6 Å². The van der Waals surface area contributed by atoms with Crippen LogP contribution in [0.25, 0.3) is 0 Å². The molecule has 7 nitrogen and oxygen atoms in total. The zero-order valence-electron chi connectivity index (χ0n) is 20.0. The number of aromatic nitrogens is 1. The summed E-state index contributed by atoms with van der Waals surface area (Å²) in [4.78, 5) is 33.4. The Hall–Kier alpha value is -3.14. The molecule has 1 aromatic heterocycles. The summed E-state index contributed by atoms with van der Waals surface area (Å²) in [6.45, 7) is 4.15. The van der Waals surface area contributed by atoms with Crippen molar-refractivity contribution in [1.82, 2.24) is 4.98 Å². The van der Waals surface area contributed by atoms with Crippen molar-refractivity contribution in [2.45, 2.75) is 19.8 Å². The Morgan fingerprint density at radius 2 is 1.63 bits per heavy atom. The quantitative estimate of drug-likeness (QED) is 0.267. The van der Waals surface area contributed by atoms with Crippen LogP contribution in [0.4, 0.5) is 21.9 Å². The number of carbonyl (C=O) groups is 2. The number of aryl methyl sites for hydroxylation is 1. The zero-order valence-corrected chi connectivity index (χ0v) is 22.2. The van der Waals surface area contributed by atoms with Gasteiger partial charge in [-0.05, 0) is 67.0 Å². The van der Waals surface area contributed by atoms with Crippen molar-refractivity contribution in [2.24, 2.45) is 5.92 Å². The fourth-order valence-electron chi connectivity index (χ4n) is 3.93. The third kappa shape index (κ3) is 7.95. The maximum atomic E-state index is 12.6. The van der Waals surface area contributed by atoms with Crippen molar-refractivity contribution in [3.05, 3.63) is 84.2 Å². The molecule has 0 spiro atoms. The molecule has 4 rings (SSSR count). The second kappa shape index (κ2) is 13.7. The van der Waals surface area contributed by atoms with E-state index in [4.69, 9.17) is 4.74 Å². The van der Waals surface area contributed by atoms with Crippen LogP contribution in [0.5, 0.6) is 0 Å². The average molecular weight is 586 g/mol. The third-order valence-electron chi connectivity index (χ3n) is 5.78. The van der Waals surface area contributed by atoms with E-state index in [0.29, 0.717) is 29.5 Å². The molecule has 35 heavy (non-hydrogen) atoms. The summed E-state index contributed by atoms with van der Waals surface area (Å²) in [6, 6.07) is 18.5. The van der Waals surface area contributed by atoms with Gasteiger partial charge in [0.25, 0.3) is 5.91 Å². The van der Waals surface area contributed by atoms with Crippen LogP contribution in [0.1, 0.15) is 28.8 Å². The summed E-state index contributed by atoms with van der Waals surface area (Å²) in [5.41, 5.74) is 3.75. The number of rotatable bonds is 6. The van der Waals surface area contributed by atoms with Gasteiger partial charge in [-0.25, -0.2) is 4.79 Å². The number of amides is 2. The van der Waals surface area contributed by atoms with Gasteiger partial charge in [0.05, 0.1) is 18.0 Å². The van der Waals surface area contributed by atoms with Gasteiger partial charge in [0.15, 0.2) is 0 Å². The van der Waals surface area contributed by atoms with Gasteiger partial charge in [0.2, 0.25) is 0 Å². The molecule has 0 radical (unpaired) electrons. The first-order chi connectivity index (χ1) is 17.1. The van der Waals surface area contributed by atoms with Gasteiger partial charge in [-0.1, -0.05) is 52.4 Å². The molecule has 2 amide bonds. The van der Waals surface area contributed by atoms with Crippen LogP contribution in [0.15, 0.2) is 73.1 Å². The van der Waals surface area contributed by atoms with Crippen molar-refractivity contribution >= 4 is 51.7 Å². The van der Waals surface area contributed by atoms with E-state index >= 15 is 0 Å². The van der Waals surface area contributed by atoms with Gasteiger partial charge < -0.3 is 15.0 Å². The number of anilines is 3. The van der Waals surface area contributed by atoms with E-state index < -0.39 is 6.09 Å². The van der Waals surface area contributed by atoms with Crippen LogP contribution in [-0.2, 0) is 4.74 Å². The second-order valence-corrected chi connectivity index (χ2v) is 8.23. The number of nitrogens with zero attached hydrogens (tertiary/aromatic N) is 2. The van der Waals surface area contributed by atoms with Crippen molar-refractivity contribution in [3.63, 3.8) is 0 Å². The van der Waals surface area contributed by atoms with Gasteiger partial charge in [0.1, 0.15) is 0 Å². The monoisotopic (exact) mass is 586 g/mol. The highest BCUT2D eigenvalue weighted by molar-refractivity contribution is 14.1. The number of ether oxygens (including phenoxy) is 1. The Balaban J connectivity index is 0.00000167. The Kier molecular flexibility index (Phi) is 10.3. The first-order valence-electron chi connectivity index (χ1n) is 11.5. The number of pyridine rings is 1. The maximum absolute atomic E-state index is 12.6. The highest BCUT2D eigenvalue weighted by Crippen LogP contribution is 2.24. The van der Waals surface area contributed by atoms with Crippen molar-refractivity contribution < 1.29 is 14.3 Å². The lowest BCUT2D eigenvalue weighted by Gasteiger charge is -2.33. The van der Waals surface area contributed by atoms with E-state index in [-0.39, 0.29) is 5.91 Å². The number of para-hydroxylation sites is 2. The smallest absolute Gasteiger partial charge is 0.411 e. The SMILES string of the molecule is CI.Cc1cccc(C(=O)Nc2ccccc2NC(=O)OCC2CCN(c3ccncc3)CC2)c1. The summed E-state index contributed by atoms with van der Waals surface area (Å²) >= 11 is 2.15. The molecule has 3 aromatic rings. The molecule has 8 heteroatoms. The third-order valence-corrected chi connectivity index (χ3v) is 5.78. The zero-order chi connectivity index (χ0) is 25.0. The van der Waals surface area contributed by atoms with Gasteiger partial charge in [-0.3, -0.25) is 15.1 Å². The number of hydrogen-bond acceptors (Lipinski definition) is 5. The molecule has 1 aliphatic rings. The normalized spacial score (nSPS) is 13.3. The number of benzene rings is 2. The highest BCUT2D eigenvalue weighted by Gasteiger charge is 2.21. The van der Waals surface area contributed by atoms with Crippen molar-refractivity contribution in [3.8, 4) is 0 Å². The predicted molar refractivity (Wildman–Crippen MR) is 150 cm³/mol. The fourth-order valence-corrected chi connectivity index (χ4v) is 3.93. The standard InChI is InChI=1S/C26H28N4O3.CH3I/c1-19-5-4-6-21(17-19)25(31)28-23-7-2-3-8-24(23)29-26(32)33-18-20-11-15-30(16-12-20)22-9-13-27-14-10-22;1-2/h2-10,13-14,17,20H,11-12,15-16,18H2,1H3,(H,28,31)(H,29,32);1H3. The van der Waals surface area contributed by atoms with Crippen LogP contribution in [0.2, 0.25) is 0 Å². The lowest BCUT2D eigenvalue weighted by atomic mass is 9.97. The molecule has 0 bridgehead atoms. The van der Waals surface area contributed by atoms with Crippen molar-refractivity contribution in [2.75, 3.05) is 40.2 Å². The Morgan fingerprint density at radius 3 is 2.29 bits per heavy atom. The maximum Gasteiger partial charge on any atom is 0.411 e. The van der Waals surface area contributed by atoms with E-state index in [9.17, 15) is 9.59 Å². The minimum Gasteiger partial charge on any atom is -0.449 e. The number of hydrogen-bond donors (Lipinski definition) is 2. The Morgan fingerprint density at radius 1 is 0.971 bits per heavy atom. The summed E-state index contributed by atoms with van der Waals surface area (Å²) in [5, 5.41) is 5.63. The number of carbonyl (C=O) groups excluding carboxylic acids is 2. The van der Waals surface area contributed by atoms with Gasteiger partial charge >= 0.3 is 6.09 Å². The summed E-state index contributed by atoms with van der Waals surface area (Å²) in [7, 11) is 0. The molecule has 2 aromatic carbocycles. The van der Waals surface area contributed by atoms with Gasteiger partial charge in [-0.15, -0.1) is 0 Å². The molecular formula is C27H31IN4O3. The van der Waals surface area contributed by atoms with E-state index in [0.717, 1.165) is 31.5 Å². The van der Waals surface area contributed by atoms with Crippen LogP contribution < -0.4 is 15.5 Å². The van der Waals surface area contributed by atoms with E-state index in [1.54, 1.807) is 42.7 Å². The number of halogens is 1. The Bertz CT molecular complexity index is 1100. The molecule has 1 saturated heterocycles. The van der Waals surface area contributed by atoms with Crippen LogP contribution >= 0.6 is 22.6 Å². The van der Waals surface area contributed by atoms with E-state index in [1.165, 1.54) is 5.69 Å². The fraction of sp³-hybridized carbons (Fsp3) is 0.296. The number of alkyl halides is 1. The molecule has 0 aliphatic carbocycles. The van der Waals surface area contributed by atoms with Crippen LogP contribution in [0.3, 0.4) is 0 Å². The molecular weight excluding hydrogens is 555 g/mol. The predicted octanol–water partition coefficient (Wildman–Crippen LogP) is 6.16. The molecule has 1 aliphatic heterocycles. The number of nitrogens with one attached hydrogen (secondary N) is 2. The molecule has 2 heterocycles. The van der Waals surface area contributed by atoms with E-state index in [1.807, 2.05) is 42.2 Å². The van der Waals surface area contributed by atoms with Crippen LogP contribution in [0, 0.1) is 12.8 Å². The lowest BCUT2D eigenvalue weighted by molar-refractivity contribution is 0.102. The Labute approximate surface area is 220 Å². The van der Waals surface area contributed by atoms with Crippen molar-refractivity contribution in [1.29, 1.82) is 0 Å². The van der Waals surface area contributed by atoms with E-state index in [2.05, 4.69) is 43.1 Å². The summed E-state index contributed by atoms with van der Waals surface area (Å²) in [6.07, 6.45) is 4.99. The summed E-state index contributed by atoms with van der Waals surface area (Å²) < 4.78 is 5.50. The van der Waals surface area contributed by atoms with Crippen LogP contribution in [-0.4, -0.2) is 41.6 Å². The molecule has 1 fully saturated rings. The minimum atomic E-state index is -0.524. The highest BCUT2D eigenvalue weighted by atomic mass is 127. The molecule has 0 unspecified atom stereocenters. The molecule has 184 valence electrons. The first kappa shape index (κ1) is 26.5. The molecule has 2 N–H and O–H groups in total. The van der Waals surface area contributed by atoms with Gasteiger partial charge in [0, 0.05) is 36.7 Å². The first-order valence-corrected chi connectivity index (χ1v) is 13.7. The molecule has 0 atom stereocenters. The number of piperidine rings is 1. The average Bonchev–Trinajstić information content (AvgIpc) is 2.90. The minimum absolute atomic E-state index is 0.234. The largest absolute Gasteiger partial charge is 0.449 e. The summed E-state index contributed by atoms with van der Waals surface area (Å²) in [5.74, 6) is 0.0902. The lowest BCUT2D eigenvalue weighted by Crippen LogP contribution is -2.35. The molecule has 0 saturated carbocycles.